The molecule has 15 heavy (non-hydrogen) atoms. The highest BCUT2D eigenvalue weighted by Crippen LogP contribution is 2.41. The molecule has 84 valence electrons. The Balaban J connectivity index is 2.89. The van der Waals surface area contributed by atoms with E-state index in [2.05, 4.69) is 6.92 Å². The summed E-state index contributed by atoms with van der Waals surface area (Å²) in [7, 11) is 0. The zero-order chi connectivity index (χ0) is 11.4. The molecule has 0 aliphatic rings. The Kier molecular flexibility index (Phi) is 5.34. The van der Waals surface area contributed by atoms with E-state index >= 15 is 0 Å². The van der Waals surface area contributed by atoms with Crippen LogP contribution < -0.4 is 4.74 Å². The van der Waals surface area contributed by atoms with Crippen LogP contribution in [0, 0.1) is 0 Å². The van der Waals surface area contributed by atoms with E-state index in [1.54, 1.807) is 6.07 Å². The molecule has 1 nitrogen and oxygen atoms in total. The monoisotopic (exact) mass is 286 g/mol. The molecule has 0 amide bonds. The summed E-state index contributed by atoms with van der Waals surface area (Å²) in [6.45, 7) is 2.66. The van der Waals surface area contributed by atoms with Gasteiger partial charge in [-0.15, -0.1) is 0 Å². The molecule has 0 spiro atoms. The number of hydrogen-bond donors (Lipinski definition) is 0. The molecule has 1 rings (SSSR count). The van der Waals surface area contributed by atoms with Crippen LogP contribution in [0.1, 0.15) is 19.8 Å². The van der Waals surface area contributed by atoms with Crippen molar-refractivity contribution in [2.45, 2.75) is 19.8 Å². The van der Waals surface area contributed by atoms with Crippen LogP contribution >= 0.6 is 46.4 Å². The van der Waals surface area contributed by atoms with Gasteiger partial charge in [-0.25, -0.2) is 0 Å². The van der Waals surface area contributed by atoms with Gasteiger partial charge in [-0.05, 0) is 6.42 Å². The van der Waals surface area contributed by atoms with Crippen LogP contribution in [0.2, 0.25) is 20.1 Å². The van der Waals surface area contributed by atoms with Crippen molar-refractivity contribution in [3.63, 3.8) is 0 Å². The van der Waals surface area contributed by atoms with Gasteiger partial charge in [0.2, 0.25) is 0 Å². The molecule has 0 radical (unpaired) electrons. The van der Waals surface area contributed by atoms with Crippen LogP contribution in [0.25, 0.3) is 0 Å². The molecular formula is C10H10Cl4O. The SMILES string of the molecule is CCCCOc1cc(Cl)c(Cl)c(Cl)c1Cl. The molecule has 0 saturated carbocycles. The lowest BCUT2D eigenvalue weighted by atomic mass is 10.3. The summed E-state index contributed by atoms with van der Waals surface area (Å²) in [5.74, 6) is 0.476. The number of rotatable bonds is 4. The van der Waals surface area contributed by atoms with E-state index < -0.39 is 0 Å². The van der Waals surface area contributed by atoms with Crippen molar-refractivity contribution in [2.24, 2.45) is 0 Å². The minimum atomic E-state index is 0.234. The fourth-order valence-electron chi connectivity index (χ4n) is 0.983. The van der Waals surface area contributed by atoms with Crippen LogP contribution in [0.4, 0.5) is 0 Å². The zero-order valence-corrected chi connectivity index (χ0v) is 11.1. The zero-order valence-electron chi connectivity index (χ0n) is 8.12. The van der Waals surface area contributed by atoms with Gasteiger partial charge in [-0.3, -0.25) is 0 Å². The highest BCUT2D eigenvalue weighted by molar-refractivity contribution is 6.52. The number of hydrogen-bond acceptors (Lipinski definition) is 1. The van der Waals surface area contributed by atoms with Gasteiger partial charge in [-0.1, -0.05) is 59.7 Å². The van der Waals surface area contributed by atoms with Crippen molar-refractivity contribution in [3.8, 4) is 5.75 Å². The number of benzene rings is 1. The minimum Gasteiger partial charge on any atom is -0.492 e. The molecule has 1 aromatic carbocycles. The van der Waals surface area contributed by atoms with Crippen LogP contribution in [0.15, 0.2) is 6.07 Å². The average molecular weight is 288 g/mol. The molecule has 0 atom stereocenters. The summed E-state index contributed by atoms with van der Waals surface area (Å²) in [4.78, 5) is 0. The second-order valence-electron chi connectivity index (χ2n) is 3.00. The summed E-state index contributed by atoms with van der Waals surface area (Å²) in [6.07, 6.45) is 2.00. The molecule has 0 unspecified atom stereocenters. The fourth-order valence-corrected chi connectivity index (χ4v) is 1.82. The Morgan fingerprint density at radius 3 is 2.33 bits per heavy atom. The van der Waals surface area contributed by atoms with Gasteiger partial charge < -0.3 is 4.74 Å². The Hall–Kier alpha value is 0.180. The van der Waals surface area contributed by atoms with Crippen molar-refractivity contribution in [1.29, 1.82) is 0 Å². The van der Waals surface area contributed by atoms with Crippen LogP contribution in [-0.2, 0) is 0 Å². The average Bonchev–Trinajstić information content (AvgIpc) is 2.23. The highest BCUT2D eigenvalue weighted by atomic mass is 35.5. The predicted octanol–water partition coefficient (Wildman–Crippen LogP) is 5.48. The van der Waals surface area contributed by atoms with Crippen molar-refractivity contribution in [1.82, 2.24) is 0 Å². The quantitative estimate of drug-likeness (QED) is 0.405. The Morgan fingerprint density at radius 1 is 1.07 bits per heavy atom. The van der Waals surface area contributed by atoms with Crippen LogP contribution in [-0.4, -0.2) is 6.61 Å². The third-order valence-electron chi connectivity index (χ3n) is 1.82. The number of halogens is 4. The molecule has 1 aromatic rings. The maximum Gasteiger partial charge on any atom is 0.141 e. The second kappa shape index (κ2) is 6.05. The lowest BCUT2D eigenvalue weighted by Gasteiger charge is -2.10. The normalized spacial score (nSPS) is 10.5. The molecule has 0 N–H and O–H groups in total. The summed E-state index contributed by atoms with van der Waals surface area (Å²) < 4.78 is 5.43. The number of ether oxygens (including phenoxy) is 1. The van der Waals surface area contributed by atoms with Crippen LogP contribution in [0.3, 0.4) is 0 Å². The lowest BCUT2D eigenvalue weighted by molar-refractivity contribution is 0.309. The largest absolute Gasteiger partial charge is 0.492 e. The molecule has 0 aromatic heterocycles. The van der Waals surface area contributed by atoms with E-state index in [9.17, 15) is 0 Å². The van der Waals surface area contributed by atoms with Crippen LogP contribution in [0.5, 0.6) is 5.75 Å². The first-order valence-electron chi connectivity index (χ1n) is 4.53. The molecule has 0 saturated heterocycles. The Bertz CT molecular complexity index is 352. The van der Waals surface area contributed by atoms with E-state index in [-0.39, 0.29) is 10.0 Å². The van der Waals surface area contributed by atoms with Gasteiger partial charge in [0.15, 0.2) is 0 Å². The summed E-state index contributed by atoms with van der Waals surface area (Å²) in [5, 5.41) is 1.14. The Morgan fingerprint density at radius 2 is 1.73 bits per heavy atom. The first-order chi connectivity index (χ1) is 7.07. The molecule has 0 aliphatic carbocycles. The first-order valence-corrected chi connectivity index (χ1v) is 6.05. The summed E-state index contributed by atoms with van der Waals surface area (Å²) >= 11 is 23.5. The third kappa shape index (κ3) is 3.32. The second-order valence-corrected chi connectivity index (χ2v) is 4.54. The van der Waals surface area contributed by atoms with Gasteiger partial charge in [0.05, 0.1) is 21.7 Å². The van der Waals surface area contributed by atoms with Crippen molar-refractivity contribution < 1.29 is 4.74 Å². The molecule has 5 heteroatoms. The predicted molar refractivity (Wildman–Crippen MR) is 66.9 cm³/mol. The van der Waals surface area contributed by atoms with Gasteiger partial charge in [-0.2, -0.15) is 0 Å². The summed E-state index contributed by atoms with van der Waals surface area (Å²) in [5.41, 5.74) is 0. The van der Waals surface area contributed by atoms with E-state index in [1.807, 2.05) is 0 Å². The molecule has 0 aliphatic heterocycles. The first kappa shape index (κ1) is 13.2. The van der Waals surface area contributed by atoms with Gasteiger partial charge in [0, 0.05) is 6.07 Å². The van der Waals surface area contributed by atoms with E-state index in [0.717, 1.165) is 12.8 Å². The topological polar surface area (TPSA) is 9.23 Å². The third-order valence-corrected chi connectivity index (χ3v) is 3.56. The molecule has 0 heterocycles. The van der Waals surface area contributed by atoms with E-state index in [1.165, 1.54) is 0 Å². The molecular weight excluding hydrogens is 278 g/mol. The van der Waals surface area contributed by atoms with Gasteiger partial charge >= 0.3 is 0 Å². The van der Waals surface area contributed by atoms with Crippen molar-refractivity contribution >= 4 is 46.4 Å². The van der Waals surface area contributed by atoms with Gasteiger partial charge in [0.25, 0.3) is 0 Å². The molecule has 0 fully saturated rings. The smallest absolute Gasteiger partial charge is 0.141 e. The Labute approximate surface area is 109 Å². The maximum atomic E-state index is 5.95. The fraction of sp³-hybridized carbons (Fsp3) is 0.400. The van der Waals surface area contributed by atoms with Crippen molar-refractivity contribution in [3.05, 3.63) is 26.2 Å². The summed E-state index contributed by atoms with van der Waals surface area (Å²) in [6, 6.07) is 1.58. The van der Waals surface area contributed by atoms with Gasteiger partial charge in [0.1, 0.15) is 10.8 Å². The lowest BCUT2D eigenvalue weighted by Crippen LogP contribution is -1.97. The van der Waals surface area contributed by atoms with Crippen molar-refractivity contribution in [2.75, 3.05) is 6.61 Å². The minimum absolute atomic E-state index is 0.234. The molecule has 0 bridgehead atoms. The maximum absolute atomic E-state index is 5.95. The van der Waals surface area contributed by atoms with E-state index in [0.29, 0.717) is 22.4 Å². The highest BCUT2D eigenvalue weighted by Gasteiger charge is 2.13. The number of unbranched alkanes of at least 4 members (excludes halogenated alkanes) is 1. The standard InChI is InChI=1S/C10H10Cl4O/c1-2-3-4-15-7-5-6(11)8(12)10(14)9(7)13/h5H,2-4H2,1H3. The van der Waals surface area contributed by atoms with E-state index in [4.69, 9.17) is 51.1 Å².